The normalized spacial score (nSPS) is 24.0. The van der Waals surface area contributed by atoms with Crippen molar-refractivity contribution in [2.75, 3.05) is 5.32 Å². The molecular weight excluding hydrogens is 202 g/mol. The van der Waals surface area contributed by atoms with E-state index in [-0.39, 0.29) is 6.10 Å². The van der Waals surface area contributed by atoms with E-state index in [0.29, 0.717) is 18.0 Å². The van der Waals surface area contributed by atoms with Crippen LogP contribution in [0.25, 0.3) is 0 Å². The quantitative estimate of drug-likeness (QED) is 0.813. The van der Waals surface area contributed by atoms with Crippen LogP contribution in [-0.2, 0) is 0 Å². The molecule has 1 saturated carbocycles. The number of anilines is 1. The first-order valence-corrected chi connectivity index (χ1v) is 5.79. The van der Waals surface area contributed by atoms with E-state index in [4.69, 9.17) is 10.5 Å². The Morgan fingerprint density at radius 2 is 2.25 bits per heavy atom. The van der Waals surface area contributed by atoms with Crippen LogP contribution in [0.15, 0.2) is 18.3 Å². The van der Waals surface area contributed by atoms with E-state index in [2.05, 4.69) is 10.3 Å². The second-order valence-electron chi connectivity index (χ2n) is 4.60. The molecule has 1 aromatic heterocycles. The maximum absolute atomic E-state index is 5.75. The standard InChI is InChI=1S/C12H19N3O/c1-8(2)16-12-11(4-3-5-14-12)15-10-6-9(13)7-10/h3-5,8-10,15H,6-7,13H2,1-2H3. The van der Waals surface area contributed by atoms with Gasteiger partial charge in [0.05, 0.1) is 11.8 Å². The van der Waals surface area contributed by atoms with Crippen LogP contribution in [-0.4, -0.2) is 23.2 Å². The van der Waals surface area contributed by atoms with Crippen LogP contribution in [0.2, 0.25) is 0 Å². The van der Waals surface area contributed by atoms with Gasteiger partial charge in [0.25, 0.3) is 0 Å². The average molecular weight is 221 g/mol. The Kier molecular flexibility index (Phi) is 3.29. The third kappa shape index (κ3) is 2.64. The number of nitrogens with zero attached hydrogens (tertiary/aromatic N) is 1. The largest absolute Gasteiger partial charge is 0.473 e. The van der Waals surface area contributed by atoms with E-state index in [9.17, 15) is 0 Å². The Morgan fingerprint density at radius 3 is 2.88 bits per heavy atom. The van der Waals surface area contributed by atoms with Crippen LogP contribution in [0, 0.1) is 0 Å². The molecule has 0 saturated heterocycles. The summed E-state index contributed by atoms with van der Waals surface area (Å²) in [7, 11) is 0. The topological polar surface area (TPSA) is 60.2 Å². The van der Waals surface area contributed by atoms with Gasteiger partial charge in [-0.1, -0.05) is 0 Å². The molecule has 3 N–H and O–H groups in total. The second-order valence-corrected chi connectivity index (χ2v) is 4.60. The Balaban J connectivity index is 2.01. The lowest BCUT2D eigenvalue weighted by Gasteiger charge is -2.34. The summed E-state index contributed by atoms with van der Waals surface area (Å²) in [6.45, 7) is 4.00. The Bertz CT molecular complexity index is 348. The molecule has 0 amide bonds. The predicted octanol–water partition coefficient (Wildman–Crippen LogP) is 1.77. The van der Waals surface area contributed by atoms with Crippen molar-refractivity contribution in [1.82, 2.24) is 4.98 Å². The lowest BCUT2D eigenvalue weighted by Crippen LogP contribution is -2.44. The van der Waals surface area contributed by atoms with Crippen LogP contribution in [0.4, 0.5) is 5.69 Å². The molecule has 88 valence electrons. The summed E-state index contributed by atoms with van der Waals surface area (Å²) in [5, 5.41) is 3.42. The van der Waals surface area contributed by atoms with Gasteiger partial charge >= 0.3 is 0 Å². The van der Waals surface area contributed by atoms with Crippen LogP contribution in [0.1, 0.15) is 26.7 Å². The zero-order valence-corrected chi connectivity index (χ0v) is 9.81. The molecule has 1 aliphatic carbocycles. The molecule has 0 aromatic carbocycles. The molecule has 0 radical (unpaired) electrons. The van der Waals surface area contributed by atoms with Gasteiger partial charge in [0.15, 0.2) is 0 Å². The van der Waals surface area contributed by atoms with Gasteiger partial charge in [-0.15, -0.1) is 0 Å². The van der Waals surface area contributed by atoms with Crippen LogP contribution in [0.5, 0.6) is 5.88 Å². The van der Waals surface area contributed by atoms with Gasteiger partial charge in [0.1, 0.15) is 0 Å². The number of pyridine rings is 1. The van der Waals surface area contributed by atoms with Crippen LogP contribution >= 0.6 is 0 Å². The number of aromatic nitrogens is 1. The molecule has 0 spiro atoms. The summed E-state index contributed by atoms with van der Waals surface area (Å²) in [5.74, 6) is 0.679. The lowest BCUT2D eigenvalue weighted by molar-refractivity contribution is 0.233. The third-order valence-electron chi connectivity index (χ3n) is 2.65. The molecule has 1 aromatic rings. The highest BCUT2D eigenvalue weighted by Crippen LogP contribution is 2.27. The number of ether oxygens (including phenoxy) is 1. The van der Waals surface area contributed by atoms with E-state index in [0.717, 1.165) is 18.5 Å². The maximum Gasteiger partial charge on any atom is 0.237 e. The first-order valence-electron chi connectivity index (χ1n) is 5.79. The molecular formula is C12H19N3O. The van der Waals surface area contributed by atoms with Gasteiger partial charge in [-0.3, -0.25) is 0 Å². The highest BCUT2D eigenvalue weighted by molar-refractivity contribution is 5.53. The van der Waals surface area contributed by atoms with Crippen LogP contribution in [0.3, 0.4) is 0 Å². The first-order chi connectivity index (χ1) is 7.65. The zero-order chi connectivity index (χ0) is 11.5. The van der Waals surface area contributed by atoms with E-state index < -0.39 is 0 Å². The fraction of sp³-hybridized carbons (Fsp3) is 0.583. The number of nitrogens with one attached hydrogen (secondary N) is 1. The van der Waals surface area contributed by atoms with Gasteiger partial charge in [-0.2, -0.15) is 0 Å². The monoisotopic (exact) mass is 221 g/mol. The smallest absolute Gasteiger partial charge is 0.237 e. The van der Waals surface area contributed by atoms with Crippen molar-refractivity contribution in [2.45, 2.75) is 44.9 Å². The van der Waals surface area contributed by atoms with Gasteiger partial charge in [-0.25, -0.2) is 4.98 Å². The van der Waals surface area contributed by atoms with Crippen molar-refractivity contribution in [1.29, 1.82) is 0 Å². The summed E-state index contributed by atoms with van der Waals surface area (Å²) in [6, 6.07) is 4.72. The van der Waals surface area contributed by atoms with Gasteiger partial charge in [0.2, 0.25) is 5.88 Å². The third-order valence-corrected chi connectivity index (χ3v) is 2.65. The maximum atomic E-state index is 5.75. The molecule has 1 heterocycles. The number of hydrogen-bond acceptors (Lipinski definition) is 4. The molecule has 0 aliphatic heterocycles. The van der Waals surface area contributed by atoms with Crippen molar-refractivity contribution in [2.24, 2.45) is 5.73 Å². The van der Waals surface area contributed by atoms with Gasteiger partial charge < -0.3 is 15.8 Å². The number of rotatable bonds is 4. The zero-order valence-electron chi connectivity index (χ0n) is 9.81. The van der Waals surface area contributed by atoms with Gasteiger partial charge in [-0.05, 0) is 38.8 Å². The summed E-state index contributed by atoms with van der Waals surface area (Å²) in [6.07, 6.45) is 3.93. The minimum absolute atomic E-state index is 0.138. The van der Waals surface area contributed by atoms with E-state index in [1.807, 2.05) is 26.0 Å². The Morgan fingerprint density at radius 1 is 1.50 bits per heavy atom. The van der Waals surface area contributed by atoms with Crippen molar-refractivity contribution in [3.8, 4) is 5.88 Å². The number of nitrogens with two attached hydrogens (primary N) is 1. The van der Waals surface area contributed by atoms with E-state index in [1.165, 1.54) is 0 Å². The minimum Gasteiger partial charge on any atom is -0.473 e. The molecule has 0 unspecified atom stereocenters. The highest BCUT2D eigenvalue weighted by atomic mass is 16.5. The minimum atomic E-state index is 0.138. The van der Waals surface area contributed by atoms with Crippen LogP contribution < -0.4 is 15.8 Å². The molecule has 1 aliphatic rings. The van der Waals surface area contributed by atoms with Crippen molar-refractivity contribution in [3.05, 3.63) is 18.3 Å². The SMILES string of the molecule is CC(C)Oc1ncccc1NC1CC(N)C1. The van der Waals surface area contributed by atoms with E-state index >= 15 is 0 Å². The summed E-state index contributed by atoms with van der Waals surface area (Å²) in [4.78, 5) is 4.23. The molecule has 1 fully saturated rings. The highest BCUT2D eigenvalue weighted by Gasteiger charge is 2.26. The fourth-order valence-corrected chi connectivity index (χ4v) is 1.82. The first kappa shape index (κ1) is 11.2. The van der Waals surface area contributed by atoms with Crippen molar-refractivity contribution >= 4 is 5.69 Å². The van der Waals surface area contributed by atoms with Gasteiger partial charge in [0, 0.05) is 18.3 Å². The second kappa shape index (κ2) is 4.70. The van der Waals surface area contributed by atoms with Crippen molar-refractivity contribution < 1.29 is 4.74 Å². The summed E-state index contributed by atoms with van der Waals surface area (Å²) < 4.78 is 5.64. The number of hydrogen-bond donors (Lipinski definition) is 2. The Hall–Kier alpha value is -1.29. The fourth-order valence-electron chi connectivity index (χ4n) is 1.82. The molecule has 4 nitrogen and oxygen atoms in total. The molecule has 4 heteroatoms. The molecule has 2 rings (SSSR count). The molecule has 16 heavy (non-hydrogen) atoms. The Labute approximate surface area is 96.2 Å². The van der Waals surface area contributed by atoms with Crippen molar-refractivity contribution in [3.63, 3.8) is 0 Å². The predicted molar refractivity (Wildman–Crippen MR) is 64.6 cm³/mol. The molecule has 0 bridgehead atoms. The summed E-state index contributed by atoms with van der Waals surface area (Å²) >= 11 is 0. The molecule has 0 atom stereocenters. The van der Waals surface area contributed by atoms with E-state index in [1.54, 1.807) is 6.20 Å². The average Bonchev–Trinajstić information content (AvgIpc) is 2.17. The lowest BCUT2D eigenvalue weighted by atomic mass is 9.87. The summed E-state index contributed by atoms with van der Waals surface area (Å²) in [5.41, 5.74) is 6.72.